The molecule has 0 aliphatic carbocycles. The summed E-state index contributed by atoms with van der Waals surface area (Å²) in [5.41, 5.74) is 0. The van der Waals surface area contributed by atoms with Crippen LogP contribution in [0.3, 0.4) is 0 Å². The summed E-state index contributed by atoms with van der Waals surface area (Å²) in [4.78, 5) is 5.14. The number of nitrogens with zero attached hydrogens (tertiary/aromatic N) is 1. The minimum Gasteiger partial charge on any atom is -0.490 e. The van der Waals surface area contributed by atoms with Gasteiger partial charge in [0.15, 0.2) is 5.75 Å². The third-order valence-electron chi connectivity index (χ3n) is 3.13. The summed E-state index contributed by atoms with van der Waals surface area (Å²) in [5.74, 6) is 1.54. The minimum atomic E-state index is 0.128. The summed E-state index contributed by atoms with van der Waals surface area (Å²) in [6.45, 7) is 1.11. The van der Waals surface area contributed by atoms with Gasteiger partial charge in [0.2, 0.25) is 0 Å². The maximum Gasteiger partial charge on any atom is 0.156 e. The summed E-state index contributed by atoms with van der Waals surface area (Å²) in [6, 6.07) is 6.80. The van der Waals surface area contributed by atoms with Crippen LogP contribution in [-0.4, -0.2) is 26.0 Å². The Morgan fingerprint density at radius 3 is 2.48 bits per heavy atom. The zero-order valence-electron chi connectivity index (χ0n) is 14.2. The normalized spacial score (nSPS) is 10.8. The van der Waals surface area contributed by atoms with Crippen LogP contribution in [0.1, 0.15) is 18.6 Å². The van der Waals surface area contributed by atoms with E-state index in [9.17, 15) is 0 Å². The number of ether oxygens (including phenoxy) is 2. The van der Waals surface area contributed by atoms with Gasteiger partial charge in [-0.2, -0.15) is 0 Å². The maximum absolute atomic E-state index is 6.20. The zero-order valence-corrected chi connectivity index (χ0v) is 17.2. The van der Waals surface area contributed by atoms with Crippen LogP contribution in [0.5, 0.6) is 11.5 Å². The highest BCUT2D eigenvalue weighted by Gasteiger charge is 2.10. The van der Waals surface area contributed by atoms with E-state index >= 15 is 0 Å². The molecule has 27 heavy (non-hydrogen) atoms. The van der Waals surface area contributed by atoms with Crippen LogP contribution in [0.25, 0.3) is 0 Å². The topological polar surface area (TPSA) is 53.2 Å². The van der Waals surface area contributed by atoms with Crippen molar-refractivity contribution in [3.63, 3.8) is 0 Å². The summed E-state index contributed by atoms with van der Waals surface area (Å²) in [7, 11) is 0. The Morgan fingerprint density at radius 2 is 1.81 bits per heavy atom. The van der Waals surface area contributed by atoms with Gasteiger partial charge in [-0.25, -0.2) is 0 Å². The number of benzene rings is 1. The van der Waals surface area contributed by atoms with Gasteiger partial charge in [-0.3, -0.25) is 0 Å². The molecule has 2 rings (SSSR count). The molecule has 5 nitrogen and oxygen atoms in total. The highest BCUT2D eigenvalue weighted by atomic mass is 35.5. The van der Waals surface area contributed by atoms with Crippen LogP contribution in [0.15, 0.2) is 50.7 Å². The molecule has 0 unspecified atom stereocenters. The fourth-order valence-corrected chi connectivity index (χ4v) is 2.61. The highest BCUT2D eigenvalue weighted by Crippen LogP contribution is 2.37. The number of rotatable bonds is 11. The first-order valence-corrected chi connectivity index (χ1v) is 9.52. The Kier molecular flexibility index (Phi) is 9.70. The average Bonchev–Trinajstić information content (AvgIpc) is 3.12. The lowest BCUT2D eigenvalue weighted by Gasteiger charge is -2.12. The van der Waals surface area contributed by atoms with E-state index in [1.165, 1.54) is 12.3 Å². The minimum absolute atomic E-state index is 0.128. The summed E-state index contributed by atoms with van der Waals surface area (Å²) >= 11 is 23.4. The van der Waals surface area contributed by atoms with Crippen molar-refractivity contribution in [2.24, 2.45) is 5.16 Å². The SMILES string of the molecule is ClC(Cl)=CCOc1cc(Cl)c(OCCCCO/N=C/c2ccco2)c(Cl)c1. The summed E-state index contributed by atoms with van der Waals surface area (Å²) in [6.07, 6.45) is 6.10. The molecule has 0 amide bonds. The number of halogens is 4. The highest BCUT2D eigenvalue weighted by molar-refractivity contribution is 6.55. The quantitative estimate of drug-likeness (QED) is 0.222. The van der Waals surface area contributed by atoms with Crippen LogP contribution in [0.2, 0.25) is 10.0 Å². The van der Waals surface area contributed by atoms with Crippen molar-refractivity contribution in [3.05, 3.63) is 56.9 Å². The Bertz CT molecular complexity index is 736. The van der Waals surface area contributed by atoms with Crippen molar-refractivity contribution in [2.45, 2.75) is 12.8 Å². The molecule has 1 aromatic carbocycles. The lowest BCUT2D eigenvalue weighted by molar-refractivity contribution is 0.136. The molecule has 1 aromatic heterocycles. The van der Waals surface area contributed by atoms with E-state index in [0.29, 0.717) is 40.5 Å². The van der Waals surface area contributed by atoms with Crippen LogP contribution in [0.4, 0.5) is 0 Å². The molecule has 146 valence electrons. The van der Waals surface area contributed by atoms with Gasteiger partial charge in [-0.15, -0.1) is 0 Å². The molecule has 2 aromatic rings. The number of furan rings is 1. The lowest BCUT2D eigenvalue weighted by atomic mass is 10.3. The van der Waals surface area contributed by atoms with Gasteiger partial charge in [0.1, 0.15) is 35.4 Å². The molecule has 0 bridgehead atoms. The van der Waals surface area contributed by atoms with Gasteiger partial charge in [0.25, 0.3) is 0 Å². The van der Waals surface area contributed by atoms with E-state index in [4.69, 9.17) is 65.1 Å². The number of oxime groups is 1. The average molecular weight is 453 g/mol. The largest absolute Gasteiger partial charge is 0.490 e. The van der Waals surface area contributed by atoms with Crippen molar-refractivity contribution in [1.82, 2.24) is 0 Å². The van der Waals surface area contributed by atoms with Gasteiger partial charge in [0, 0.05) is 12.1 Å². The zero-order chi connectivity index (χ0) is 19.5. The Hall–Kier alpha value is -1.53. The van der Waals surface area contributed by atoms with Crippen LogP contribution in [-0.2, 0) is 4.84 Å². The van der Waals surface area contributed by atoms with Gasteiger partial charge in [-0.05, 0) is 31.1 Å². The monoisotopic (exact) mass is 451 g/mol. The van der Waals surface area contributed by atoms with Crippen LogP contribution in [0, 0.1) is 0 Å². The van der Waals surface area contributed by atoms with E-state index in [1.54, 1.807) is 30.5 Å². The Balaban J connectivity index is 1.68. The standard InChI is InChI=1S/C18H17Cl4NO4/c19-15-10-14(25-9-5-17(21)22)11-16(20)18(15)26-6-1-2-8-27-23-12-13-4-3-7-24-13/h3-5,7,10-12H,1-2,6,8-9H2/b23-12+. The smallest absolute Gasteiger partial charge is 0.156 e. The first-order valence-electron chi connectivity index (χ1n) is 8.01. The molecule has 9 heteroatoms. The summed E-state index contributed by atoms with van der Waals surface area (Å²) in [5, 5.41) is 4.52. The second-order valence-corrected chi connectivity index (χ2v) is 6.98. The van der Waals surface area contributed by atoms with Crippen molar-refractivity contribution in [1.29, 1.82) is 0 Å². The molecule has 0 fully saturated rings. The lowest BCUT2D eigenvalue weighted by Crippen LogP contribution is -2.01. The Labute approximate surface area is 177 Å². The van der Waals surface area contributed by atoms with E-state index < -0.39 is 0 Å². The van der Waals surface area contributed by atoms with Crippen molar-refractivity contribution >= 4 is 52.6 Å². The van der Waals surface area contributed by atoms with E-state index in [-0.39, 0.29) is 11.1 Å². The van der Waals surface area contributed by atoms with Crippen molar-refractivity contribution in [3.8, 4) is 11.5 Å². The molecule has 0 saturated heterocycles. The second-order valence-electron chi connectivity index (χ2n) is 5.16. The van der Waals surface area contributed by atoms with Crippen LogP contribution < -0.4 is 9.47 Å². The van der Waals surface area contributed by atoms with E-state index in [2.05, 4.69) is 5.16 Å². The molecule has 1 heterocycles. The van der Waals surface area contributed by atoms with Gasteiger partial charge >= 0.3 is 0 Å². The predicted molar refractivity (Wildman–Crippen MR) is 109 cm³/mol. The van der Waals surface area contributed by atoms with Crippen LogP contribution >= 0.6 is 46.4 Å². The van der Waals surface area contributed by atoms with Crippen molar-refractivity contribution < 1.29 is 18.7 Å². The van der Waals surface area contributed by atoms with Gasteiger partial charge in [-0.1, -0.05) is 51.6 Å². The van der Waals surface area contributed by atoms with Gasteiger partial charge < -0.3 is 18.7 Å². The Morgan fingerprint density at radius 1 is 1.07 bits per heavy atom. The van der Waals surface area contributed by atoms with E-state index in [0.717, 1.165) is 12.8 Å². The van der Waals surface area contributed by atoms with Crippen molar-refractivity contribution in [2.75, 3.05) is 19.8 Å². The molecular formula is C18H17Cl4NO4. The second kappa shape index (κ2) is 12.0. The number of unbranched alkanes of at least 4 members (excludes halogenated alkanes) is 1. The molecular weight excluding hydrogens is 436 g/mol. The maximum atomic E-state index is 6.20. The molecule has 0 atom stereocenters. The molecule has 0 saturated carbocycles. The fraction of sp³-hybridized carbons (Fsp3) is 0.278. The summed E-state index contributed by atoms with van der Waals surface area (Å²) < 4.78 is 16.3. The molecule has 0 radical (unpaired) electrons. The van der Waals surface area contributed by atoms with E-state index in [1.807, 2.05) is 0 Å². The molecule has 0 aliphatic heterocycles. The number of hydrogen-bond acceptors (Lipinski definition) is 5. The first-order chi connectivity index (χ1) is 13.1. The molecule has 0 aliphatic rings. The van der Waals surface area contributed by atoms with Gasteiger partial charge in [0.05, 0.1) is 22.9 Å². The predicted octanol–water partition coefficient (Wildman–Crippen LogP) is 6.49. The fourth-order valence-electron chi connectivity index (χ4n) is 1.91. The molecule has 0 spiro atoms. The third-order valence-corrected chi connectivity index (χ3v) is 4.00. The first kappa shape index (κ1) is 21.8. The number of hydrogen-bond donors (Lipinski definition) is 0. The molecule has 0 N–H and O–H groups in total. The third kappa shape index (κ3) is 8.35.